The summed E-state index contributed by atoms with van der Waals surface area (Å²) >= 11 is 0. The van der Waals surface area contributed by atoms with E-state index in [9.17, 15) is 9.59 Å². The van der Waals surface area contributed by atoms with Gasteiger partial charge in [-0.15, -0.1) is 0 Å². The molecule has 1 heterocycles. The summed E-state index contributed by atoms with van der Waals surface area (Å²) in [6, 6.07) is 8.79. The number of nitrogens with zero attached hydrogens (tertiary/aromatic N) is 2. The molecule has 1 aliphatic rings. The molecule has 8 nitrogen and oxygen atoms in total. The van der Waals surface area contributed by atoms with Gasteiger partial charge in [0.15, 0.2) is 6.61 Å². The van der Waals surface area contributed by atoms with E-state index in [-0.39, 0.29) is 24.3 Å². The van der Waals surface area contributed by atoms with Crippen LogP contribution in [0, 0.1) is 19.8 Å². The van der Waals surface area contributed by atoms with Gasteiger partial charge in [0.05, 0.1) is 0 Å². The molecule has 0 bridgehead atoms. The monoisotopic (exact) mass is 355 g/mol. The zero-order valence-corrected chi connectivity index (χ0v) is 14.7. The van der Waals surface area contributed by atoms with Crippen LogP contribution in [0.5, 0.6) is 5.75 Å². The number of aromatic nitrogens is 2. The number of anilines is 2. The SMILES string of the molecule is Cc1cc(C)nc(NNC(=O)COc2cccc(NC(=O)C3CC3)c2)n1. The average Bonchev–Trinajstić information content (AvgIpc) is 3.43. The summed E-state index contributed by atoms with van der Waals surface area (Å²) in [6.45, 7) is 3.51. The second-order valence-corrected chi connectivity index (χ2v) is 6.23. The molecule has 1 aliphatic carbocycles. The molecule has 0 spiro atoms. The summed E-state index contributed by atoms with van der Waals surface area (Å²) in [7, 11) is 0. The van der Waals surface area contributed by atoms with Gasteiger partial charge in [0.25, 0.3) is 5.91 Å². The maximum atomic E-state index is 11.9. The molecule has 136 valence electrons. The summed E-state index contributed by atoms with van der Waals surface area (Å²) in [6.07, 6.45) is 1.89. The number of carbonyl (C=O) groups excluding carboxylic acids is 2. The van der Waals surface area contributed by atoms with Crippen LogP contribution >= 0.6 is 0 Å². The van der Waals surface area contributed by atoms with Gasteiger partial charge in [-0.05, 0) is 44.9 Å². The molecule has 1 aromatic heterocycles. The third-order valence-corrected chi connectivity index (χ3v) is 3.72. The maximum absolute atomic E-state index is 11.9. The normalized spacial score (nSPS) is 13.0. The van der Waals surface area contributed by atoms with Crippen LogP contribution in [-0.4, -0.2) is 28.4 Å². The Morgan fingerprint density at radius 3 is 2.58 bits per heavy atom. The highest BCUT2D eigenvalue weighted by Gasteiger charge is 2.29. The largest absolute Gasteiger partial charge is 0.484 e. The first-order chi connectivity index (χ1) is 12.5. The molecule has 1 fully saturated rings. The molecule has 8 heteroatoms. The van der Waals surface area contributed by atoms with Crippen LogP contribution in [0.25, 0.3) is 0 Å². The highest BCUT2D eigenvalue weighted by atomic mass is 16.5. The zero-order chi connectivity index (χ0) is 18.5. The molecular formula is C18H21N5O3. The number of aryl methyl sites for hydroxylation is 2. The topological polar surface area (TPSA) is 105 Å². The summed E-state index contributed by atoms with van der Waals surface area (Å²) in [5.41, 5.74) is 7.40. The lowest BCUT2D eigenvalue weighted by Gasteiger charge is -2.10. The minimum Gasteiger partial charge on any atom is -0.484 e. The number of carbonyl (C=O) groups is 2. The van der Waals surface area contributed by atoms with Crippen molar-refractivity contribution in [2.75, 3.05) is 17.3 Å². The van der Waals surface area contributed by atoms with Crippen LogP contribution in [0.4, 0.5) is 11.6 Å². The van der Waals surface area contributed by atoms with Gasteiger partial charge in [-0.1, -0.05) is 6.07 Å². The van der Waals surface area contributed by atoms with Crippen LogP contribution in [-0.2, 0) is 9.59 Å². The number of hydrogen-bond acceptors (Lipinski definition) is 6. The molecule has 1 saturated carbocycles. The molecule has 0 saturated heterocycles. The standard InChI is InChI=1S/C18H21N5O3/c1-11-8-12(2)20-18(19-11)23-22-16(24)10-26-15-5-3-4-14(9-15)21-17(25)13-6-7-13/h3-5,8-9,13H,6-7,10H2,1-2H3,(H,21,25)(H,22,24)(H,19,20,23). The third kappa shape index (κ3) is 5.17. The van der Waals surface area contributed by atoms with Crippen LogP contribution < -0.4 is 20.9 Å². The molecule has 1 aromatic carbocycles. The molecule has 26 heavy (non-hydrogen) atoms. The zero-order valence-electron chi connectivity index (χ0n) is 14.7. The first kappa shape index (κ1) is 17.7. The Morgan fingerprint density at radius 1 is 1.15 bits per heavy atom. The van der Waals surface area contributed by atoms with E-state index in [1.165, 1.54) is 0 Å². The number of ether oxygens (including phenoxy) is 1. The van der Waals surface area contributed by atoms with E-state index in [4.69, 9.17) is 4.74 Å². The van der Waals surface area contributed by atoms with Crippen molar-refractivity contribution in [1.82, 2.24) is 15.4 Å². The first-order valence-electron chi connectivity index (χ1n) is 8.40. The van der Waals surface area contributed by atoms with Gasteiger partial charge in [-0.3, -0.25) is 20.4 Å². The second kappa shape index (κ2) is 7.81. The van der Waals surface area contributed by atoms with Crippen molar-refractivity contribution < 1.29 is 14.3 Å². The van der Waals surface area contributed by atoms with Crippen LogP contribution in [0.15, 0.2) is 30.3 Å². The van der Waals surface area contributed by atoms with Crippen molar-refractivity contribution in [2.24, 2.45) is 5.92 Å². The van der Waals surface area contributed by atoms with Gasteiger partial charge in [0.2, 0.25) is 11.9 Å². The van der Waals surface area contributed by atoms with Crippen LogP contribution in [0.3, 0.4) is 0 Å². The molecule has 2 aromatic rings. The van der Waals surface area contributed by atoms with E-state index in [1.807, 2.05) is 19.9 Å². The van der Waals surface area contributed by atoms with Gasteiger partial charge in [0, 0.05) is 29.1 Å². The van der Waals surface area contributed by atoms with Crippen molar-refractivity contribution in [3.63, 3.8) is 0 Å². The number of nitrogens with one attached hydrogen (secondary N) is 3. The van der Waals surface area contributed by atoms with Gasteiger partial charge in [-0.25, -0.2) is 9.97 Å². The number of rotatable bonds is 7. The molecule has 3 rings (SSSR count). The van der Waals surface area contributed by atoms with Gasteiger partial charge in [0.1, 0.15) is 5.75 Å². The predicted octanol–water partition coefficient (Wildman–Crippen LogP) is 1.96. The fraction of sp³-hybridized carbons (Fsp3) is 0.333. The molecule has 0 atom stereocenters. The second-order valence-electron chi connectivity index (χ2n) is 6.23. The Balaban J connectivity index is 1.47. The summed E-state index contributed by atoms with van der Waals surface area (Å²) in [4.78, 5) is 32.0. The minimum absolute atomic E-state index is 0.0255. The Morgan fingerprint density at radius 2 is 1.88 bits per heavy atom. The molecule has 0 unspecified atom stereocenters. The summed E-state index contributed by atoms with van der Waals surface area (Å²) in [5.74, 6) is 0.596. The van der Waals surface area contributed by atoms with Crippen LogP contribution in [0.2, 0.25) is 0 Å². The number of amides is 2. The number of hydrogen-bond donors (Lipinski definition) is 3. The Labute approximate surface area is 151 Å². The predicted molar refractivity (Wildman–Crippen MR) is 96.6 cm³/mol. The van der Waals surface area contributed by atoms with E-state index >= 15 is 0 Å². The Hall–Kier alpha value is -3.16. The van der Waals surface area contributed by atoms with Gasteiger partial charge in [-0.2, -0.15) is 0 Å². The van der Waals surface area contributed by atoms with E-state index < -0.39 is 0 Å². The van der Waals surface area contributed by atoms with Crippen molar-refractivity contribution in [1.29, 1.82) is 0 Å². The van der Waals surface area contributed by atoms with E-state index in [0.717, 1.165) is 24.2 Å². The third-order valence-electron chi connectivity index (χ3n) is 3.72. The van der Waals surface area contributed by atoms with Crippen molar-refractivity contribution in [2.45, 2.75) is 26.7 Å². The van der Waals surface area contributed by atoms with E-state index in [0.29, 0.717) is 17.4 Å². The lowest BCUT2D eigenvalue weighted by atomic mass is 10.3. The average molecular weight is 355 g/mol. The molecule has 0 radical (unpaired) electrons. The van der Waals surface area contributed by atoms with Crippen molar-refractivity contribution >= 4 is 23.5 Å². The summed E-state index contributed by atoms with van der Waals surface area (Å²) in [5, 5.41) is 2.84. The minimum atomic E-state index is -0.375. The number of benzene rings is 1. The number of hydrazine groups is 1. The van der Waals surface area contributed by atoms with Crippen molar-refractivity contribution in [3.8, 4) is 5.75 Å². The fourth-order valence-electron chi connectivity index (χ4n) is 2.35. The molecule has 3 N–H and O–H groups in total. The van der Waals surface area contributed by atoms with Crippen LogP contribution in [0.1, 0.15) is 24.2 Å². The van der Waals surface area contributed by atoms with E-state index in [2.05, 4.69) is 26.1 Å². The van der Waals surface area contributed by atoms with Gasteiger partial charge >= 0.3 is 0 Å². The maximum Gasteiger partial charge on any atom is 0.276 e. The first-order valence-corrected chi connectivity index (χ1v) is 8.40. The van der Waals surface area contributed by atoms with Crippen molar-refractivity contribution in [3.05, 3.63) is 41.7 Å². The summed E-state index contributed by atoms with van der Waals surface area (Å²) < 4.78 is 5.46. The smallest absolute Gasteiger partial charge is 0.276 e. The Kier molecular flexibility index (Phi) is 5.31. The fourth-order valence-corrected chi connectivity index (χ4v) is 2.35. The molecular weight excluding hydrogens is 334 g/mol. The Bertz CT molecular complexity index is 800. The quantitative estimate of drug-likeness (QED) is 0.656. The molecule has 2 amide bonds. The lowest BCUT2D eigenvalue weighted by Crippen LogP contribution is -2.34. The molecule has 0 aliphatic heterocycles. The van der Waals surface area contributed by atoms with E-state index in [1.54, 1.807) is 24.3 Å². The highest BCUT2D eigenvalue weighted by Crippen LogP contribution is 2.30. The van der Waals surface area contributed by atoms with Gasteiger partial charge < -0.3 is 10.1 Å². The lowest BCUT2D eigenvalue weighted by molar-refractivity contribution is -0.122. The highest BCUT2D eigenvalue weighted by molar-refractivity contribution is 5.94.